The number of fused-ring (bicyclic) bond motifs is 1. The van der Waals surface area contributed by atoms with Gasteiger partial charge in [-0.25, -0.2) is 0 Å². The summed E-state index contributed by atoms with van der Waals surface area (Å²) in [6.45, 7) is 0. The lowest BCUT2D eigenvalue weighted by Gasteiger charge is -1.96. The fourth-order valence-corrected chi connectivity index (χ4v) is 2.00. The predicted octanol–water partition coefficient (Wildman–Crippen LogP) is 3.65. The van der Waals surface area contributed by atoms with Crippen LogP contribution in [0.3, 0.4) is 0 Å². The van der Waals surface area contributed by atoms with Crippen LogP contribution >= 0.6 is 11.6 Å². The summed E-state index contributed by atoms with van der Waals surface area (Å²) >= 11 is 5.88. The Morgan fingerprint density at radius 1 is 1.29 bits per heavy atom. The minimum Gasteiger partial charge on any atom is -0.461 e. The summed E-state index contributed by atoms with van der Waals surface area (Å²) in [5.41, 5.74) is 1.43. The summed E-state index contributed by atoms with van der Waals surface area (Å²) in [5, 5.41) is 1.48. The molecular formula is C13H8ClNO2. The molecule has 2 heterocycles. The van der Waals surface area contributed by atoms with Crippen LogP contribution in [0.1, 0.15) is 16.1 Å². The average Bonchev–Trinajstić information content (AvgIpc) is 2.96. The largest absolute Gasteiger partial charge is 0.461 e. The van der Waals surface area contributed by atoms with Gasteiger partial charge in [-0.3, -0.25) is 4.79 Å². The molecule has 0 saturated carbocycles. The molecule has 3 rings (SSSR count). The zero-order valence-corrected chi connectivity index (χ0v) is 9.49. The number of furan rings is 1. The number of rotatable bonds is 2. The van der Waals surface area contributed by atoms with Crippen LogP contribution < -0.4 is 0 Å². The zero-order valence-electron chi connectivity index (χ0n) is 8.74. The summed E-state index contributed by atoms with van der Waals surface area (Å²) in [6, 6.07) is 8.72. The van der Waals surface area contributed by atoms with Gasteiger partial charge in [-0.05, 0) is 24.3 Å². The summed E-state index contributed by atoms with van der Waals surface area (Å²) in [6.07, 6.45) is 3.16. The highest BCUT2D eigenvalue weighted by Crippen LogP contribution is 2.24. The summed E-state index contributed by atoms with van der Waals surface area (Å²) in [7, 11) is 0. The van der Waals surface area contributed by atoms with Crippen molar-refractivity contribution in [2.45, 2.75) is 0 Å². The molecule has 0 spiro atoms. The highest BCUT2D eigenvalue weighted by atomic mass is 35.5. The van der Waals surface area contributed by atoms with Gasteiger partial charge in [0, 0.05) is 22.1 Å². The van der Waals surface area contributed by atoms with E-state index in [4.69, 9.17) is 16.0 Å². The molecule has 0 aliphatic carbocycles. The van der Waals surface area contributed by atoms with Gasteiger partial charge < -0.3 is 9.40 Å². The fraction of sp³-hybridized carbons (Fsp3) is 0. The standard InChI is InChI=1S/C13H8ClNO2/c14-8-3-4-9-10(7-15-11(9)6-8)13(16)12-2-1-5-17-12/h1-7,15H. The highest BCUT2D eigenvalue weighted by Gasteiger charge is 2.16. The first-order valence-electron chi connectivity index (χ1n) is 5.10. The Bertz CT molecular complexity index is 683. The molecule has 0 atom stereocenters. The Kier molecular flexibility index (Phi) is 2.27. The van der Waals surface area contributed by atoms with Gasteiger partial charge in [0.2, 0.25) is 5.78 Å². The van der Waals surface area contributed by atoms with Gasteiger partial charge in [-0.1, -0.05) is 17.7 Å². The third kappa shape index (κ3) is 1.65. The quantitative estimate of drug-likeness (QED) is 0.701. The van der Waals surface area contributed by atoms with E-state index in [9.17, 15) is 4.79 Å². The molecule has 0 radical (unpaired) electrons. The van der Waals surface area contributed by atoms with Crippen LogP contribution in [0.15, 0.2) is 47.2 Å². The Morgan fingerprint density at radius 2 is 2.18 bits per heavy atom. The first-order chi connectivity index (χ1) is 8.25. The molecular weight excluding hydrogens is 238 g/mol. The smallest absolute Gasteiger partial charge is 0.230 e. The third-order valence-electron chi connectivity index (χ3n) is 2.63. The van der Waals surface area contributed by atoms with Crippen LogP contribution in [-0.4, -0.2) is 10.8 Å². The number of aromatic nitrogens is 1. The zero-order chi connectivity index (χ0) is 11.8. The van der Waals surface area contributed by atoms with E-state index in [1.165, 1.54) is 6.26 Å². The van der Waals surface area contributed by atoms with E-state index in [1.54, 1.807) is 30.5 Å². The number of ketones is 1. The van der Waals surface area contributed by atoms with E-state index >= 15 is 0 Å². The van der Waals surface area contributed by atoms with Crippen LogP contribution in [-0.2, 0) is 0 Å². The number of nitrogens with one attached hydrogen (secondary N) is 1. The van der Waals surface area contributed by atoms with Gasteiger partial charge >= 0.3 is 0 Å². The van der Waals surface area contributed by atoms with Crippen molar-refractivity contribution in [1.29, 1.82) is 0 Å². The summed E-state index contributed by atoms with van der Waals surface area (Å²) in [4.78, 5) is 15.1. The fourth-order valence-electron chi connectivity index (χ4n) is 1.83. The lowest BCUT2D eigenvalue weighted by molar-refractivity contribution is 0.101. The maximum atomic E-state index is 12.1. The van der Waals surface area contributed by atoms with Crippen molar-refractivity contribution in [2.24, 2.45) is 0 Å². The number of H-pyrrole nitrogens is 1. The molecule has 3 nitrogen and oxygen atoms in total. The van der Waals surface area contributed by atoms with E-state index in [-0.39, 0.29) is 5.78 Å². The van der Waals surface area contributed by atoms with Gasteiger partial charge in [0.15, 0.2) is 5.76 Å². The van der Waals surface area contributed by atoms with Gasteiger partial charge in [0.05, 0.1) is 11.8 Å². The molecule has 2 aromatic heterocycles. The second-order valence-corrected chi connectivity index (χ2v) is 4.14. The Hall–Kier alpha value is -2.00. The first kappa shape index (κ1) is 10.2. The molecule has 1 N–H and O–H groups in total. The molecule has 0 fully saturated rings. The molecule has 0 aliphatic heterocycles. The number of aromatic amines is 1. The molecule has 0 unspecified atom stereocenters. The van der Waals surface area contributed by atoms with Crippen LogP contribution in [0.5, 0.6) is 0 Å². The van der Waals surface area contributed by atoms with Crippen LogP contribution in [0.4, 0.5) is 0 Å². The average molecular weight is 246 g/mol. The minimum absolute atomic E-state index is 0.136. The molecule has 0 amide bonds. The van der Waals surface area contributed by atoms with Crippen LogP contribution in [0.2, 0.25) is 5.02 Å². The van der Waals surface area contributed by atoms with Gasteiger partial charge in [0.25, 0.3) is 0 Å². The van der Waals surface area contributed by atoms with E-state index < -0.39 is 0 Å². The molecule has 17 heavy (non-hydrogen) atoms. The molecule has 0 aliphatic rings. The molecule has 1 aromatic carbocycles. The molecule has 0 bridgehead atoms. The Balaban J connectivity index is 2.15. The maximum Gasteiger partial charge on any atom is 0.230 e. The Morgan fingerprint density at radius 3 is 2.94 bits per heavy atom. The van der Waals surface area contributed by atoms with Crippen molar-refractivity contribution in [3.8, 4) is 0 Å². The maximum absolute atomic E-state index is 12.1. The monoisotopic (exact) mass is 245 g/mol. The number of hydrogen-bond acceptors (Lipinski definition) is 2. The normalized spacial score (nSPS) is 10.9. The number of benzene rings is 1. The molecule has 84 valence electrons. The highest BCUT2D eigenvalue weighted by molar-refractivity contribution is 6.31. The van der Waals surface area contributed by atoms with Crippen molar-refractivity contribution in [1.82, 2.24) is 4.98 Å². The number of carbonyl (C=O) groups is 1. The third-order valence-corrected chi connectivity index (χ3v) is 2.87. The van der Waals surface area contributed by atoms with Crippen molar-refractivity contribution < 1.29 is 9.21 Å². The first-order valence-corrected chi connectivity index (χ1v) is 5.48. The molecule has 4 heteroatoms. The van der Waals surface area contributed by atoms with Crippen molar-refractivity contribution in [2.75, 3.05) is 0 Å². The lowest BCUT2D eigenvalue weighted by Crippen LogP contribution is -1.97. The van der Waals surface area contributed by atoms with Gasteiger partial charge in [0.1, 0.15) is 0 Å². The SMILES string of the molecule is O=C(c1ccco1)c1c[nH]c2cc(Cl)ccc12. The number of carbonyl (C=O) groups excluding carboxylic acids is 1. The summed E-state index contributed by atoms with van der Waals surface area (Å²) < 4.78 is 5.10. The Labute approximate surface area is 102 Å². The number of hydrogen-bond donors (Lipinski definition) is 1. The van der Waals surface area contributed by atoms with Crippen molar-refractivity contribution in [3.63, 3.8) is 0 Å². The summed E-state index contributed by atoms with van der Waals surface area (Å²) in [5.74, 6) is 0.199. The lowest BCUT2D eigenvalue weighted by atomic mass is 10.1. The van der Waals surface area contributed by atoms with E-state index in [1.807, 2.05) is 6.07 Å². The van der Waals surface area contributed by atoms with Crippen molar-refractivity contribution in [3.05, 3.63) is 59.1 Å². The molecule has 0 saturated heterocycles. The topological polar surface area (TPSA) is 46.0 Å². The van der Waals surface area contributed by atoms with Crippen molar-refractivity contribution >= 4 is 28.3 Å². The van der Waals surface area contributed by atoms with Crippen LogP contribution in [0.25, 0.3) is 10.9 Å². The predicted molar refractivity (Wildman–Crippen MR) is 65.4 cm³/mol. The van der Waals surface area contributed by atoms with E-state index in [2.05, 4.69) is 4.98 Å². The van der Waals surface area contributed by atoms with Gasteiger partial charge in [-0.15, -0.1) is 0 Å². The molecule has 3 aromatic rings. The second-order valence-electron chi connectivity index (χ2n) is 3.70. The van der Waals surface area contributed by atoms with E-state index in [0.717, 1.165) is 10.9 Å². The minimum atomic E-state index is -0.136. The van der Waals surface area contributed by atoms with Crippen LogP contribution in [0, 0.1) is 0 Å². The second kappa shape index (κ2) is 3.79. The van der Waals surface area contributed by atoms with E-state index in [0.29, 0.717) is 16.3 Å². The number of halogens is 1. The van der Waals surface area contributed by atoms with Gasteiger partial charge in [-0.2, -0.15) is 0 Å².